The van der Waals surface area contributed by atoms with Crippen molar-refractivity contribution in [2.45, 2.75) is 51.6 Å². The summed E-state index contributed by atoms with van der Waals surface area (Å²) in [4.78, 5) is 27.2. The lowest BCUT2D eigenvalue weighted by Crippen LogP contribution is -2.40. The highest BCUT2D eigenvalue weighted by Crippen LogP contribution is 2.51. The minimum Gasteiger partial charge on any atom is -0.460 e. The molecule has 0 bridgehead atoms. The van der Waals surface area contributed by atoms with Crippen molar-refractivity contribution in [1.29, 1.82) is 0 Å². The van der Waals surface area contributed by atoms with Gasteiger partial charge in [0.2, 0.25) is 0 Å². The van der Waals surface area contributed by atoms with Gasteiger partial charge in [0, 0.05) is 0 Å². The molecule has 0 radical (unpaired) electrons. The van der Waals surface area contributed by atoms with E-state index in [1.807, 2.05) is 97.9 Å². The second kappa shape index (κ2) is 10.5. The molecule has 0 fully saturated rings. The quantitative estimate of drug-likeness (QED) is 0.231. The van der Waals surface area contributed by atoms with Gasteiger partial charge in [-0.15, -0.1) is 0 Å². The van der Waals surface area contributed by atoms with E-state index in [1.54, 1.807) is 0 Å². The third-order valence-corrected chi connectivity index (χ3v) is 7.13. The van der Waals surface area contributed by atoms with Crippen LogP contribution >= 0.6 is 0 Å². The molecule has 2 atom stereocenters. The van der Waals surface area contributed by atoms with Gasteiger partial charge in [-0.1, -0.05) is 96.6 Å². The van der Waals surface area contributed by atoms with Crippen LogP contribution in [0, 0.1) is 5.41 Å². The average molecular weight is 483 g/mol. The Balaban J connectivity index is 1.37. The largest absolute Gasteiger partial charge is 0.460 e. The van der Waals surface area contributed by atoms with Crippen molar-refractivity contribution in [2.24, 2.45) is 5.41 Å². The number of ether oxygens (including phenoxy) is 3. The van der Waals surface area contributed by atoms with E-state index in [2.05, 4.69) is 0 Å². The van der Waals surface area contributed by atoms with Gasteiger partial charge in [0.15, 0.2) is 5.41 Å². The second-order valence-corrected chi connectivity index (χ2v) is 9.57. The van der Waals surface area contributed by atoms with Crippen LogP contribution in [-0.4, -0.2) is 18.0 Å². The molecule has 0 saturated carbocycles. The zero-order valence-corrected chi connectivity index (χ0v) is 20.4. The predicted molar refractivity (Wildman–Crippen MR) is 136 cm³/mol. The lowest BCUT2D eigenvalue weighted by Gasteiger charge is -2.30. The summed E-state index contributed by atoms with van der Waals surface area (Å²) < 4.78 is 17.8. The van der Waals surface area contributed by atoms with Gasteiger partial charge >= 0.3 is 11.9 Å². The molecule has 2 aliphatic rings. The first-order chi connectivity index (χ1) is 17.5. The Morgan fingerprint density at radius 3 is 1.81 bits per heavy atom. The molecule has 5 heteroatoms. The third-order valence-electron chi connectivity index (χ3n) is 7.13. The normalized spacial score (nSPS) is 20.5. The summed E-state index contributed by atoms with van der Waals surface area (Å²) in [5.74, 6) is -1.08. The van der Waals surface area contributed by atoms with E-state index in [0.717, 1.165) is 27.8 Å². The van der Waals surface area contributed by atoms with Crippen LogP contribution in [0.25, 0.3) is 0 Å². The van der Waals surface area contributed by atoms with Crippen LogP contribution in [0.5, 0.6) is 0 Å². The molecule has 0 amide bonds. The maximum atomic E-state index is 13.6. The van der Waals surface area contributed by atoms with Crippen LogP contribution in [-0.2, 0) is 37.0 Å². The Labute approximate surface area is 211 Å². The van der Waals surface area contributed by atoms with Crippen molar-refractivity contribution in [3.63, 3.8) is 0 Å². The number of hydrogen-bond donors (Lipinski definition) is 0. The first kappa shape index (κ1) is 24.0. The Kier molecular flexibility index (Phi) is 7.01. The summed E-state index contributed by atoms with van der Waals surface area (Å²) in [7, 11) is 0. The van der Waals surface area contributed by atoms with Gasteiger partial charge in [0.25, 0.3) is 0 Å². The molecule has 0 aromatic heterocycles. The van der Waals surface area contributed by atoms with Crippen LogP contribution < -0.4 is 0 Å². The van der Waals surface area contributed by atoms with Crippen LogP contribution in [0.2, 0.25) is 0 Å². The fourth-order valence-electron chi connectivity index (χ4n) is 5.18. The van der Waals surface area contributed by atoms with Gasteiger partial charge < -0.3 is 14.2 Å². The molecule has 36 heavy (non-hydrogen) atoms. The summed E-state index contributed by atoms with van der Waals surface area (Å²) in [6, 6.07) is 29.0. The molecule has 0 unspecified atom stereocenters. The van der Waals surface area contributed by atoms with E-state index >= 15 is 0 Å². The van der Waals surface area contributed by atoms with Crippen LogP contribution in [0.1, 0.15) is 49.0 Å². The first-order valence-electron chi connectivity index (χ1n) is 12.4. The fraction of sp³-hybridized carbons (Fsp3) is 0.290. The Morgan fingerprint density at radius 2 is 1.28 bits per heavy atom. The summed E-state index contributed by atoms with van der Waals surface area (Å²) in [5.41, 5.74) is 3.53. The topological polar surface area (TPSA) is 61.8 Å². The Bertz CT molecular complexity index is 1180. The highest BCUT2D eigenvalue weighted by atomic mass is 16.6. The molecule has 1 aliphatic heterocycles. The lowest BCUT2D eigenvalue weighted by molar-refractivity contribution is -0.173. The van der Waals surface area contributed by atoms with E-state index < -0.39 is 17.4 Å². The maximum Gasteiger partial charge on any atom is 0.324 e. The molecule has 1 aliphatic carbocycles. The van der Waals surface area contributed by atoms with Crippen molar-refractivity contribution in [3.05, 3.63) is 119 Å². The minimum atomic E-state index is -1.41. The number of hydrogen-bond acceptors (Lipinski definition) is 5. The lowest BCUT2D eigenvalue weighted by atomic mass is 9.83. The number of esters is 2. The van der Waals surface area contributed by atoms with Gasteiger partial charge in [-0.05, 0) is 48.4 Å². The van der Waals surface area contributed by atoms with Crippen molar-refractivity contribution < 1.29 is 23.8 Å². The van der Waals surface area contributed by atoms with Crippen LogP contribution in [0.15, 0.2) is 102 Å². The van der Waals surface area contributed by atoms with Crippen molar-refractivity contribution >= 4 is 11.9 Å². The highest BCUT2D eigenvalue weighted by Gasteiger charge is 2.55. The molecule has 3 aromatic carbocycles. The van der Waals surface area contributed by atoms with Gasteiger partial charge in [-0.3, -0.25) is 9.59 Å². The second-order valence-electron chi connectivity index (χ2n) is 9.57. The smallest absolute Gasteiger partial charge is 0.324 e. The molecule has 5 nitrogen and oxygen atoms in total. The standard InChI is InChI=1S/C31H30O5/c1-22-27-19-31(29(32)34-20-23-11-5-2-6-12-23,30(33)35-21-24-13-7-3-8-14-24)18-26(27)17-28(36-22)25-15-9-4-10-16-25/h2-16,22,28H,17-21H2,1H3/t22-,28-/m1/s1. The SMILES string of the molecule is C[C@H]1O[C@@H](c2ccccc2)CC2=C1CC(C(=O)OCc1ccccc1)(C(=O)OCc1ccccc1)C2. The number of rotatable bonds is 7. The van der Waals surface area contributed by atoms with Gasteiger partial charge in [0.1, 0.15) is 13.2 Å². The summed E-state index contributed by atoms with van der Waals surface area (Å²) in [6.45, 7) is 2.21. The van der Waals surface area contributed by atoms with E-state index in [9.17, 15) is 9.59 Å². The highest BCUT2D eigenvalue weighted by molar-refractivity contribution is 6.01. The molecule has 0 spiro atoms. The van der Waals surface area contributed by atoms with Crippen molar-refractivity contribution in [3.8, 4) is 0 Å². The Morgan fingerprint density at radius 1 is 0.778 bits per heavy atom. The zero-order chi connectivity index (χ0) is 25.0. The van der Waals surface area contributed by atoms with Gasteiger partial charge in [-0.2, -0.15) is 0 Å². The van der Waals surface area contributed by atoms with E-state index in [1.165, 1.54) is 0 Å². The zero-order valence-electron chi connectivity index (χ0n) is 20.4. The third kappa shape index (κ3) is 4.98. The molecule has 3 aromatic rings. The fourth-order valence-corrected chi connectivity index (χ4v) is 5.18. The molecule has 0 N–H and O–H groups in total. The predicted octanol–water partition coefficient (Wildman–Crippen LogP) is 6.10. The van der Waals surface area contributed by atoms with Crippen LogP contribution in [0.3, 0.4) is 0 Å². The molecular formula is C31H30O5. The number of carbonyl (C=O) groups excluding carboxylic acids is 2. The van der Waals surface area contributed by atoms with Crippen LogP contribution in [0.4, 0.5) is 0 Å². The number of carbonyl (C=O) groups is 2. The minimum absolute atomic E-state index is 0.108. The average Bonchev–Trinajstić information content (AvgIpc) is 3.34. The van der Waals surface area contributed by atoms with Gasteiger partial charge in [0.05, 0.1) is 12.2 Å². The van der Waals surface area contributed by atoms with E-state index in [-0.39, 0.29) is 31.8 Å². The summed E-state index contributed by atoms with van der Waals surface area (Å²) >= 11 is 0. The van der Waals surface area contributed by atoms with Crippen molar-refractivity contribution in [1.82, 2.24) is 0 Å². The Hall–Kier alpha value is -3.70. The molecular weight excluding hydrogens is 452 g/mol. The molecule has 5 rings (SSSR count). The molecule has 0 saturated heterocycles. The van der Waals surface area contributed by atoms with Crippen molar-refractivity contribution in [2.75, 3.05) is 0 Å². The van der Waals surface area contributed by atoms with E-state index in [0.29, 0.717) is 12.8 Å². The monoisotopic (exact) mass is 482 g/mol. The summed E-state index contributed by atoms with van der Waals surface area (Å²) in [6.07, 6.45) is 0.872. The maximum absolute atomic E-state index is 13.6. The molecule has 184 valence electrons. The summed E-state index contributed by atoms with van der Waals surface area (Å²) in [5, 5.41) is 0. The first-order valence-corrected chi connectivity index (χ1v) is 12.4. The number of benzene rings is 3. The van der Waals surface area contributed by atoms with E-state index in [4.69, 9.17) is 14.2 Å². The van der Waals surface area contributed by atoms with Gasteiger partial charge in [-0.25, -0.2) is 0 Å². The molecule has 1 heterocycles.